The standard InChI is InChI=1S/C33H39NO13/c1-13(36)8-22(44-14(2)12-35)47-32-15(3)45-23(9-19(32)34)46-21-11-33(43,16(4)37)10-18-25(21)31(42)27-26(29(18)40)28(39)17-6-5-7-20(38)24(17)30(27)41/h5-7,12-15,19,21-23,32,36,38,40,42-43H,8-11,34H2,1-4H3/t13?,14?,15?,19?,21-,22?,23?,32?,33-/m0/s1. The third-order valence-corrected chi connectivity index (χ3v) is 8.96. The molecule has 7 unspecified atom stereocenters. The first-order chi connectivity index (χ1) is 22.1. The lowest BCUT2D eigenvalue weighted by atomic mass is 9.72. The molecule has 47 heavy (non-hydrogen) atoms. The van der Waals surface area contributed by atoms with E-state index in [1.54, 1.807) is 6.92 Å². The van der Waals surface area contributed by atoms with Crippen molar-refractivity contribution < 1.29 is 63.7 Å². The Kier molecular flexibility index (Phi) is 9.59. The maximum Gasteiger partial charge on any atom is 0.202 e. The minimum atomic E-state index is -2.08. The largest absolute Gasteiger partial charge is 0.507 e. The number of hydrogen-bond acceptors (Lipinski definition) is 14. The number of phenolic OH excluding ortho intramolecular Hbond substituents is 3. The first kappa shape index (κ1) is 34.6. The van der Waals surface area contributed by atoms with Crippen LogP contribution in [0.2, 0.25) is 0 Å². The fraction of sp³-hybridized carbons (Fsp3) is 0.515. The molecule has 7 N–H and O–H groups in total. The molecule has 1 heterocycles. The molecule has 14 nitrogen and oxygen atoms in total. The van der Waals surface area contributed by atoms with Crippen LogP contribution in [0.5, 0.6) is 17.2 Å². The van der Waals surface area contributed by atoms with Crippen molar-refractivity contribution in [1.82, 2.24) is 0 Å². The van der Waals surface area contributed by atoms with Gasteiger partial charge in [0.1, 0.15) is 41.3 Å². The van der Waals surface area contributed by atoms with Gasteiger partial charge in [-0.15, -0.1) is 0 Å². The third-order valence-electron chi connectivity index (χ3n) is 8.96. The van der Waals surface area contributed by atoms with Crippen molar-refractivity contribution in [3.8, 4) is 17.2 Å². The maximum atomic E-state index is 13.6. The van der Waals surface area contributed by atoms with Crippen molar-refractivity contribution in [3.05, 3.63) is 51.6 Å². The van der Waals surface area contributed by atoms with Crippen LogP contribution in [0.3, 0.4) is 0 Å². The number of aliphatic hydroxyl groups excluding tert-OH is 1. The second-order valence-electron chi connectivity index (χ2n) is 12.6. The zero-order valence-corrected chi connectivity index (χ0v) is 26.3. The molecule has 2 aromatic carbocycles. The first-order valence-electron chi connectivity index (χ1n) is 15.3. The minimum absolute atomic E-state index is 0.000319. The lowest BCUT2D eigenvalue weighted by molar-refractivity contribution is -0.282. The number of ketones is 3. The molecule has 0 saturated carbocycles. The van der Waals surface area contributed by atoms with Crippen molar-refractivity contribution in [2.45, 2.75) is 108 Å². The number of hydrogen-bond donors (Lipinski definition) is 6. The number of phenols is 3. The normalized spacial score (nSPS) is 28.9. The van der Waals surface area contributed by atoms with Crippen LogP contribution in [0, 0.1) is 0 Å². The number of nitrogens with two attached hydrogens (primary N) is 1. The summed E-state index contributed by atoms with van der Waals surface area (Å²) >= 11 is 0. The summed E-state index contributed by atoms with van der Waals surface area (Å²) in [5.41, 5.74) is 2.54. The quantitative estimate of drug-likeness (QED) is 0.103. The van der Waals surface area contributed by atoms with Gasteiger partial charge in [-0.1, -0.05) is 12.1 Å². The van der Waals surface area contributed by atoms with E-state index in [0.29, 0.717) is 6.29 Å². The van der Waals surface area contributed by atoms with Crippen LogP contribution in [0.15, 0.2) is 18.2 Å². The van der Waals surface area contributed by atoms with E-state index >= 15 is 0 Å². The fourth-order valence-electron chi connectivity index (χ4n) is 6.57. The van der Waals surface area contributed by atoms with Crippen molar-refractivity contribution in [2.24, 2.45) is 5.73 Å². The summed E-state index contributed by atoms with van der Waals surface area (Å²) in [6, 6.07) is 3.13. The number of aromatic hydroxyl groups is 3. The summed E-state index contributed by atoms with van der Waals surface area (Å²) < 4.78 is 23.9. The van der Waals surface area contributed by atoms with Gasteiger partial charge < -0.3 is 55.0 Å². The number of fused-ring (bicyclic) bond motifs is 3. The summed E-state index contributed by atoms with van der Waals surface area (Å²) in [6.45, 7) is 5.86. The number of ether oxygens (including phenoxy) is 4. The summed E-state index contributed by atoms with van der Waals surface area (Å²) in [5, 5.41) is 54.7. The van der Waals surface area contributed by atoms with Gasteiger partial charge in [-0.05, 0) is 33.8 Å². The van der Waals surface area contributed by atoms with E-state index in [9.17, 15) is 44.7 Å². The number of Topliss-reactive ketones (excluding diaryl/α,β-unsaturated/α-hetero) is 1. The Morgan fingerprint density at radius 3 is 2.43 bits per heavy atom. The van der Waals surface area contributed by atoms with Crippen molar-refractivity contribution >= 4 is 23.6 Å². The molecule has 2 aromatic rings. The van der Waals surface area contributed by atoms with Crippen molar-refractivity contribution in [3.63, 3.8) is 0 Å². The van der Waals surface area contributed by atoms with E-state index in [-0.39, 0.29) is 35.1 Å². The Hall–Kier alpha value is -3.76. The molecule has 0 radical (unpaired) electrons. The summed E-state index contributed by atoms with van der Waals surface area (Å²) in [5.74, 6) is -4.30. The predicted molar refractivity (Wildman–Crippen MR) is 161 cm³/mol. The number of aldehydes is 1. The Labute approximate surface area is 270 Å². The van der Waals surface area contributed by atoms with E-state index in [2.05, 4.69) is 0 Å². The average Bonchev–Trinajstić information content (AvgIpc) is 2.98. The molecule has 5 rings (SSSR count). The van der Waals surface area contributed by atoms with Gasteiger partial charge in [-0.3, -0.25) is 14.4 Å². The molecule has 3 aliphatic rings. The highest BCUT2D eigenvalue weighted by Gasteiger charge is 2.49. The average molecular weight is 658 g/mol. The Balaban J connectivity index is 1.48. The van der Waals surface area contributed by atoms with E-state index < -0.39 is 113 Å². The molecule has 0 bridgehead atoms. The summed E-state index contributed by atoms with van der Waals surface area (Å²) in [4.78, 5) is 50.9. The number of rotatable bonds is 10. The van der Waals surface area contributed by atoms with Crippen molar-refractivity contribution in [1.29, 1.82) is 0 Å². The molecule has 2 aliphatic carbocycles. The van der Waals surface area contributed by atoms with Crippen LogP contribution in [0.4, 0.5) is 0 Å². The molecule has 1 saturated heterocycles. The lowest BCUT2D eigenvalue weighted by Gasteiger charge is -2.43. The minimum Gasteiger partial charge on any atom is -0.507 e. The Bertz CT molecular complexity index is 1590. The van der Waals surface area contributed by atoms with Crippen LogP contribution in [0.1, 0.15) is 96.0 Å². The molecule has 254 valence electrons. The maximum absolute atomic E-state index is 13.6. The molecule has 0 aromatic heterocycles. The highest BCUT2D eigenvalue weighted by molar-refractivity contribution is 6.31. The predicted octanol–water partition coefficient (Wildman–Crippen LogP) is 1.45. The third kappa shape index (κ3) is 6.29. The van der Waals surface area contributed by atoms with Gasteiger partial charge in [0.25, 0.3) is 0 Å². The molecule has 1 fully saturated rings. The fourth-order valence-corrected chi connectivity index (χ4v) is 6.57. The molecule has 14 heteroatoms. The first-order valence-corrected chi connectivity index (χ1v) is 15.3. The van der Waals surface area contributed by atoms with Crippen LogP contribution in [-0.4, -0.2) is 97.8 Å². The molecule has 9 atom stereocenters. The Morgan fingerprint density at radius 1 is 1.13 bits per heavy atom. The van der Waals surface area contributed by atoms with E-state index in [4.69, 9.17) is 24.7 Å². The van der Waals surface area contributed by atoms with Crippen molar-refractivity contribution in [2.75, 3.05) is 0 Å². The number of aliphatic hydroxyl groups is 2. The SMILES string of the molecule is CC(=O)[C@]1(O)Cc2c(O)c3c(c(O)c2[C@@H](OC2CC(N)C(OC(CC(C)O)OC(C)C=O)C(C)O2)C1)C(=O)c1c(O)cccc1C3=O. The van der Waals surface area contributed by atoms with Gasteiger partial charge in [0.15, 0.2) is 24.1 Å². The van der Waals surface area contributed by atoms with E-state index in [1.807, 2.05) is 0 Å². The van der Waals surface area contributed by atoms with Crippen LogP contribution in [-0.2, 0) is 35.0 Å². The zero-order valence-electron chi connectivity index (χ0n) is 26.3. The molecular weight excluding hydrogens is 618 g/mol. The number of benzene rings is 2. The zero-order chi connectivity index (χ0) is 34.5. The Morgan fingerprint density at radius 2 is 1.81 bits per heavy atom. The van der Waals surface area contributed by atoms with Crippen LogP contribution >= 0.6 is 0 Å². The molecule has 0 spiro atoms. The van der Waals surface area contributed by atoms with Gasteiger partial charge in [0.05, 0.1) is 35.0 Å². The lowest BCUT2D eigenvalue weighted by Crippen LogP contribution is -2.55. The summed E-state index contributed by atoms with van der Waals surface area (Å²) in [6.07, 6.45) is -6.81. The number of carbonyl (C=O) groups excluding carboxylic acids is 4. The second-order valence-corrected chi connectivity index (χ2v) is 12.6. The smallest absolute Gasteiger partial charge is 0.202 e. The molecule has 0 amide bonds. The monoisotopic (exact) mass is 657 g/mol. The van der Waals surface area contributed by atoms with Gasteiger partial charge in [0.2, 0.25) is 5.78 Å². The van der Waals surface area contributed by atoms with Gasteiger partial charge >= 0.3 is 0 Å². The topological polar surface area (TPSA) is 232 Å². The van der Waals surface area contributed by atoms with Gasteiger partial charge in [-0.2, -0.15) is 0 Å². The van der Waals surface area contributed by atoms with Gasteiger partial charge in [-0.25, -0.2) is 0 Å². The van der Waals surface area contributed by atoms with E-state index in [1.165, 1.54) is 32.0 Å². The van der Waals surface area contributed by atoms with Crippen LogP contribution < -0.4 is 5.73 Å². The second kappa shape index (κ2) is 13.0. The van der Waals surface area contributed by atoms with Gasteiger partial charge in [0, 0.05) is 48.4 Å². The highest BCUT2D eigenvalue weighted by atomic mass is 16.7. The number of carbonyl (C=O) groups is 4. The summed E-state index contributed by atoms with van der Waals surface area (Å²) in [7, 11) is 0. The highest BCUT2D eigenvalue weighted by Crippen LogP contribution is 2.52. The molecule has 1 aliphatic heterocycles. The molecular formula is C33H39NO13. The van der Waals surface area contributed by atoms with Crippen LogP contribution in [0.25, 0.3) is 0 Å². The van der Waals surface area contributed by atoms with E-state index in [0.717, 1.165) is 6.92 Å².